The Morgan fingerprint density at radius 2 is 1.90 bits per heavy atom. The lowest BCUT2D eigenvalue weighted by Crippen LogP contribution is -2.32. The van der Waals surface area contributed by atoms with Gasteiger partial charge in [0.05, 0.1) is 6.54 Å². The second-order valence-corrected chi connectivity index (χ2v) is 7.16. The van der Waals surface area contributed by atoms with Crippen molar-refractivity contribution in [2.24, 2.45) is 5.92 Å². The molecule has 118 valence electrons. The first-order valence-electron chi connectivity index (χ1n) is 7.52. The molecule has 1 nitrogen and oxygen atoms in total. The lowest BCUT2D eigenvalue weighted by Gasteiger charge is -2.21. The van der Waals surface area contributed by atoms with Crippen LogP contribution in [0.25, 0.3) is 0 Å². The van der Waals surface area contributed by atoms with Crippen molar-refractivity contribution in [1.82, 2.24) is 4.90 Å². The molecular formula is C17H24F3N. The third-order valence-corrected chi connectivity index (χ3v) is 4.09. The highest BCUT2D eigenvalue weighted by Gasteiger charge is 2.34. The van der Waals surface area contributed by atoms with Crippen LogP contribution in [0.3, 0.4) is 0 Å². The Kier molecular flexibility index (Phi) is 4.66. The smallest absolute Gasteiger partial charge is 0.295 e. The summed E-state index contributed by atoms with van der Waals surface area (Å²) in [5.41, 5.74) is 2.63. The number of hydrogen-bond donors (Lipinski definition) is 0. The molecule has 21 heavy (non-hydrogen) atoms. The van der Waals surface area contributed by atoms with Gasteiger partial charge in [-0.1, -0.05) is 45.0 Å². The minimum Gasteiger partial charge on any atom is -0.295 e. The van der Waals surface area contributed by atoms with E-state index in [1.165, 1.54) is 16.0 Å². The van der Waals surface area contributed by atoms with Crippen LogP contribution < -0.4 is 0 Å². The first kappa shape index (κ1) is 16.3. The van der Waals surface area contributed by atoms with Crippen LogP contribution >= 0.6 is 0 Å². The summed E-state index contributed by atoms with van der Waals surface area (Å²) in [6, 6.07) is 8.46. The van der Waals surface area contributed by atoms with Crippen molar-refractivity contribution >= 4 is 0 Å². The number of alkyl halides is 3. The molecule has 1 aromatic carbocycles. The maximum atomic E-state index is 12.4. The van der Waals surface area contributed by atoms with Crippen molar-refractivity contribution in [3.63, 3.8) is 0 Å². The topological polar surface area (TPSA) is 3.24 Å². The molecule has 0 spiro atoms. The molecule has 1 saturated heterocycles. The van der Waals surface area contributed by atoms with Gasteiger partial charge in [0, 0.05) is 6.54 Å². The summed E-state index contributed by atoms with van der Waals surface area (Å²) in [7, 11) is 0. The van der Waals surface area contributed by atoms with Crippen molar-refractivity contribution in [2.75, 3.05) is 19.6 Å². The maximum absolute atomic E-state index is 12.4. The number of nitrogens with zero attached hydrogens (tertiary/aromatic N) is 1. The Hall–Kier alpha value is -1.03. The molecule has 1 aliphatic rings. The van der Waals surface area contributed by atoms with Gasteiger partial charge in [0.2, 0.25) is 0 Å². The Bertz CT molecular complexity index is 474. The van der Waals surface area contributed by atoms with Gasteiger partial charge in [0.1, 0.15) is 0 Å². The predicted octanol–water partition coefficient (Wildman–Crippen LogP) is 4.41. The molecule has 0 aromatic heterocycles. The molecule has 0 bridgehead atoms. The van der Waals surface area contributed by atoms with E-state index >= 15 is 0 Å². The molecule has 1 heterocycles. The zero-order valence-electron chi connectivity index (χ0n) is 13.0. The molecule has 0 aliphatic carbocycles. The van der Waals surface area contributed by atoms with Crippen LogP contribution in [0.5, 0.6) is 0 Å². The van der Waals surface area contributed by atoms with Crippen molar-refractivity contribution in [3.8, 4) is 0 Å². The number of likely N-dealkylation sites (tertiary alicyclic amines) is 1. The third-order valence-electron chi connectivity index (χ3n) is 4.09. The van der Waals surface area contributed by atoms with Crippen molar-refractivity contribution in [1.29, 1.82) is 0 Å². The van der Waals surface area contributed by atoms with E-state index in [1.54, 1.807) is 0 Å². The van der Waals surface area contributed by atoms with E-state index in [1.807, 2.05) is 0 Å². The van der Waals surface area contributed by atoms with Gasteiger partial charge in [-0.2, -0.15) is 13.2 Å². The van der Waals surface area contributed by atoms with Gasteiger partial charge in [0.25, 0.3) is 0 Å². The molecule has 1 fully saturated rings. The monoisotopic (exact) mass is 299 g/mol. The summed E-state index contributed by atoms with van der Waals surface area (Å²) in [5.74, 6) is 0.336. The summed E-state index contributed by atoms with van der Waals surface area (Å²) >= 11 is 0. The normalized spacial score (nSPS) is 21.0. The Morgan fingerprint density at radius 1 is 1.19 bits per heavy atom. The van der Waals surface area contributed by atoms with E-state index in [0.29, 0.717) is 19.0 Å². The molecular weight excluding hydrogens is 275 g/mol. The standard InChI is InChI=1S/C17H24F3N/c1-16(2,3)15-6-4-5-13(10-15)9-14-7-8-21(11-14)12-17(18,19)20/h4-6,10,14H,7-9,11-12H2,1-3H3. The van der Waals surface area contributed by atoms with Gasteiger partial charge < -0.3 is 0 Å². The lowest BCUT2D eigenvalue weighted by atomic mass is 9.85. The highest BCUT2D eigenvalue weighted by molar-refractivity contribution is 5.29. The van der Waals surface area contributed by atoms with Crippen molar-refractivity contribution in [2.45, 2.75) is 45.2 Å². The van der Waals surface area contributed by atoms with E-state index in [9.17, 15) is 13.2 Å². The van der Waals surface area contributed by atoms with Crippen molar-refractivity contribution < 1.29 is 13.2 Å². The fraction of sp³-hybridized carbons (Fsp3) is 0.647. The summed E-state index contributed by atoms with van der Waals surface area (Å²) in [4.78, 5) is 1.53. The van der Waals surface area contributed by atoms with Gasteiger partial charge in [0.15, 0.2) is 0 Å². The second kappa shape index (κ2) is 5.99. The van der Waals surface area contributed by atoms with E-state index in [0.717, 1.165) is 12.8 Å². The van der Waals surface area contributed by atoms with Crippen LogP contribution in [0.2, 0.25) is 0 Å². The fourth-order valence-corrected chi connectivity index (χ4v) is 2.97. The summed E-state index contributed by atoms with van der Waals surface area (Å²) in [6.45, 7) is 6.86. The number of hydrogen-bond acceptors (Lipinski definition) is 1. The van der Waals surface area contributed by atoms with Gasteiger partial charge in [-0.25, -0.2) is 0 Å². The Morgan fingerprint density at radius 3 is 2.52 bits per heavy atom. The zero-order chi connectivity index (χ0) is 15.7. The van der Waals surface area contributed by atoms with E-state index in [4.69, 9.17) is 0 Å². The molecule has 0 N–H and O–H groups in total. The average Bonchev–Trinajstić information content (AvgIpc) is 2.73. The highest BCUT2D eigenvalue weighted by Crippen LogP contribution is 2.27. The molecule has 0 amide bonds. The van der Waals surface area contributed by atoms with Crippen molar-refractivity contribution in [3.05, 3.63) is 35.4 Å². The maximum Gasteiger partial charge on any atom is 0.401 e. The van der Waals surface area contributed by atoms with Crippen LogP contribution in [-0.2, 0) is 11.8 Å². The highest BCUT2D eigenvalue weighted by atomic mass is 19.4. The quantitative estimate of drug-likeness (QED) is 0.799. The first-order valence-corrected chi connectivity index (χ1v) is 7.52. The largest absolute Gasteiger partial charge is 0.401 e. The molecule has 1 atom stereocenters. The number of halogens is 3. The summed E-state index contributed by atoms with van der Waals surface area (Å²) in [6.07, 6.45) is -2.35. The molecule has 0 saturated carbocycles. The summed E-state index contributed by atoms with van der Waals surface area (Å²) < 4.78 is 37.2. The summed E-state index contributed by atoms with van der Waals surface area (Å²) in [5, 5.41) is 0. The molecule has 1 unspecified atom stereocenters. The van der Waals surface area contributed by atoms with Gasteiger partial charge in [-0.15, -0.1) is 0 Å². The minimum atomic E-state index is -4.08. The average molecular weight is 299 g/mol. The predicted molar refractivity (Wildman–Crippen MR) is 79.4 cm³/mol. The molecule has 1 aromatic rings. The van der Waals surface area contributed by atoms with Crippen LogP contribution in [0.1, 0.15) is 38.3 Å². The van der Waals surface area contributed by atoms with Crippen LogP contribution in [0, 0.1) is 5.92 Å². The SMILES string of the molecule is CC(C)(C)c1cccc(CC2CCN(CC(F)(F)F)C2)c1. The lowest BCUT2D eigenvalue weighted by molar-refractivity contribution is -0.143. The van der Waals surface area contributed by atoms with Crippen LogP contribution in [0.15, 0.2) is 24.3 Å². The third kappa shape index (κ3) is 5.03. The van der Waals surface area contributed by atoms with Gasteiger partial charge in [-0.3, -0.25) is 4.90 Å². The van der Waals surface area contributed by atoms with Gasteiger partial charge >= 0.3 is 6.18 Å². The molecule has 2 rings (SSSR count). The molecule has 0 radical (unpaired) electrons. The number of benzene rings is 1. The van der Waals surface area contributed by atoms with Crippen LogP contribution in [0.4, 0.5) is 13.2 Å². The minimum absolute atomic E-state index is 0.105. The van der Waals surface area contributed by atoms with E-state index in [2.05, 4.69) is 45.0 Å². The first-order chi connectivity index (χ1) is 9.63. The van der Waals surface area contributed by atoms with E-state index < -0.39 is 12.7 Å². The molecule has 4 heteroatoms. The fourth-order valence-electron chi connectivity index (χ4n) is 2.97. The molecule has 1 aliphatic heterocycles. The number of rotatable bonds is 3. The Balaban J connectivity index is 1.95. The van der Waals surface area contributed by atoms with Gasteiger partial charge in [-0.05, 0) is 41.8 Å². The van der Waals surface area contributed by atoms with Crippen LogP contribution in [-0.4, -0.2) is 30.7 Å². The second-order valence-electron chi connectivity index (χ2n) is 7.16. The zero-order valence-corrected chi connectivity index (χ0v) is 13.0. The van der Waals surface area contributed by atoms with E-state index in [-0.39, 0.29) is 5.41 Å². The Labute approximate surface area is 125 Å².